The first-order chi connectivity index (χ1) is 16.1. The van der Waals surface area contributed by atoms with Gasteiger partial charge >= 0.3 is 0 Å². The van der Waals surface area contributed by atoms with E-state index in [9.17, 15) is 9.59 Å². The number of aromatic nitrogens is 2. The molecule has 5 rings (SSSR count). The molecule has 1 unspecified atom stereocenters. The minimum absolute atomic E-state index is 0.0417. The fourth-order valence-electron chi connectivity index (χ4n) is 3.90. The van der Waals surface area contributed by atoms with Crippen molar-refractivity contribution in [3.05, 3.63) is 87.1 Å². The summed E-state index contributed by atoms with van der Waals surface area (Å²) in [7, 11) is 0. The highest BCUT2D eigenvalue weighted by molar-refractivity contribution is 7.99. The largest absolute Gasteiger partial charge is 0.349 e. The molecule has 0 bridgehead atoms. The molecule has 5 aromatic rings. The molecule has 2 aromatic carbocycles. The number of carbonyl (C=O) groups is 1. The van der Waals surface area contributed by atoms with Gasteiger partial charge in [-0.25, -0.2) is 4.98 Å². The first-order valence-electron chi connectivity index (χ1n) is 10.5. The zero-order chi connectivity index (χ0) is 22.8. The lowest BCUT2D eigenvalue weighted by molar-refractivity contribution is -0.119. The second-order valence-electron chi connectivity index (χ2n) is 7.67. The number of aromatic amines is 1. The van der Waals surface area contributed by atoms with Gasteiger partial charge in [-0.05, 0) is 34.7 Å². The first kappa shape index (κ1) is 21.9. The van der Waals surface area contributed by atoms with E-state index < -0.39 is 0 Å². The normalized spacial score (nSPS) is 12.3. The predicted molar refractivity (Wildman–Crippen MR) is 140 cm³/mol. The average Bonchev–Trinajstić information content (AvgIpc) is 3.48. The van der Waals surface area contributed by atoms with E-state index in [1.165, 1.54) is 23.1 Å². The molecule has 0 aliphatic rings. The molecule has 166 valence electrons. The van der Waals surface area contributed by atoms with Crippen molar-refractivity contribution in [2.45, 2.75) is 18.7 Å². The lowest BCUT2D eigenvalue weighted by atomic mass is 10.00. The van der Waals surface area contributed by atoms with Crippen LogP contribution in [0.3, 0.4) is 0 Å². The SMILES string of the molecule is CC(NC(=O)CSCc1nc2scc(-c3cccs3)c2c(=O)[nH]1)c1cccc2ccccc12. The Hall–Kier alpha value is -2.94. The predicted octanol–water partition coefficient (Wildman–Crippen LogP) is 5.98. The van der Waals surface area contributed by atoms with E-state index in [2.05, 4.69) is 39.6 Å². The Morgan fingerprint density at radius 3 is 2.82 bits per heavy atom. The zero-order valence-corrected chi connectivity index (χ0v) is 20.3. The number of rotatable bonds is 7. The topological polar surface area (TPSA) is 74.8 Å². The molecule has 8 heteroatoms. The molecule has 33 heavy (non-hydrogen) atoms. The molecule has 3 aromatic heterocycles. The van der Waals surface area contributed by atoms with Gasteiger partial charge in [0.2, 0.25) is 5.91 Å². The molecular weight excluding hydrogens is 470 g/mol. The van der Waals surface area contributed by atoms with Gasteiger partial charge in [0.15, 0.2) is 0 Å². The number of nitrogens with zero attached hydrogens (tertiary/aromatic N) is 1. The summed E-state index contributed by atoms with van der Waals surface area (Å²) < 4.78 is 0. The maximum Gasteiger partial charge on any atom is 0.260 e. The number of thioether (sulfide) groups is 1. The van der Waals surface area contributed by atoms with Crippen LogP contribution in [0.25, 0.3) is 31.4 Å². The van der Waals surface area contributed by atoms with Crippen LogP contribution in [-0.2, 0) is 10.5 Å². The van der Waals surface area contributed by atoms with Crippen LogP contribution in [-0.4, -0.2) is 21.6 Å². The maximum absolute atomic E-state index is 12.7. The maximum atomic E-state index is 12.7. The Balaban J connectivity index is 1.22. The number of amides is 1. The van der Waals surface area contributed by atoms with Crippen molar-refractivity contribution < 1.29 is 4.79 Å². The van der Waals surface area contributed by atoms with E-state index in [4.69, 9.17) is 0 Å². The Morgan fingerprint density at radius 2 is 1.97 bits per heavy atom. The third kappa shape index (κ3) is 4.59. The van der Waals surface area contributed by atoms with Crippen molar-refractivity contribution in [2.75, 3.05) is 5.75 Å². The van der Waals surface area contributed by atoms with Gasteiger partial charge in [-0.15, -0.1) is 34.4 Å². The van der Waals surface area contributed by atoms with Gasteiger partial charge in [-0.1, -0.05) is 48.5 Å². The van der Waals surface area contributed by atoms with Crippen LogP contribution in [0.5, 0.6) is 0 Å². The number of carbonyl (C=O) groups excluding carboxylic acids is 1. The fourth-order valence-corrected chi connectivity index (χ4v) is 6.39. The third-order valence-electron chi connectivity index (χ3n) is 5.42. The van der Waals surface area contributed by atoms with Crippen LogP contribution in [0.2, 0.25) is 0 Å². The van der Waals surface area contributed by atoms with Crippen molar-refractivity contribution in [1.82, 2.24) is 15.3 Å². The van der Waals surface area contributed by atoms with Gasteiger partial charge in [-0.2, -0.15) is 0 Å². The van der Waals surface area contributed by atoms with Crippen molar-refractivity contribution in [1.29, 1.82) is 0 Å². The number of fused-ring (bicyclic) bond motifs is 2. The molecule has 0 radical (unpaired) electrons. The van der Waals surface area contributed by atoms with Gasteiger partial charge in [-0.3, -0.25) is 9.59 Å². The summed E-state index contributed by atoms with van der Waals surface area (Å²) in [6.07, 6.45) is 0. The molecule has 0 aliphatic carbocycles. The first-order valence-corrected chi connectivity index (χ1v) is 13.4. The van der Waals surface area contributed by atoms with Crippen molar-refractivity contribution in [2.24, 2.45) is 0 Å². The lowest BCUT2D eigenvalue weighted by Gasteiger charge is -2.16. The van der Waals surface area contributed by atoms with Crippen molar-refractivity contribution in [3.63, 3.8) is 0 Å². The molecule has 1 atom stereocenters. The fraction of sp³-hybridized carbons (Fsp3) is 0.160. The summed E-state index contributed by atoms with van der Waals surface area (Å²) in [5.74, 6) is 1.31. The number of H-pyrrole nitrogens is 1. The highest BCUT2D eigenvalue weighted by Gasteiger charge is 2.15. The van der Waals surface area contributed by atoms with Gasteiger partial charge in [0.25, 0.3) is 5.56 Å². The lowest BCUT2D eigenvalue weighted by Crippen LogP contribution is -2.28. The molecule has 0 aliphatic heterocycles. The minimum atomic E-state index is -0.130. The molecule has 5 nitrogen and oxygen atoms in total. The van der Waals surface area contributed by atoms with E-state index in [0.717, 1.165) is 31.6 Å². The van der Waals surface area contributed by atoms with E-state index >= 15 is 0 Å². The van der Waals surface area contributed by atoms with Crippen LogP contribution in [0.15, 0.2) is 70.2 Å². The van der Waals surface area contributed by atoms with Gasteiger partial charge in [0, 0.05) is 15.8 Å². The summed E-state index contributed by atoms with van der Waals surface area (Å²) in [6, 6.07) is 18.2. The number of hydrogen-bond donors (Lipinski definition) is 2. The summed E-state index contributed by atoms with van der Waals surface area (Å²) in [6.45, 7) is 2.00. The summed E-state index contributed by atoms with van der Waals surface area (Å²) >= 11 is 4.52. The molecule has 0 saturated heterocycles. The zero-order valence-electron chi connectivity index (χ0n) is 17.8. The van der Waals surface area contributed by atoms with Crippen LogP contribution >= 0.6 is 34.4 Å². The summed E-state index contributed by atoms with van der Waals surface area (Å²) in [4.78, 5) is 34.6. The molecule has 0 fully saturated rings. The number of hydrogen-bond acceptors (Lipinski definition) is 6. The summed E-state index contributed by atoms with van der Waals surface area (Å²) in [5, 5.41) is 10.0. The third-order valence-corrected chi connectivity index (χ3v) is 8.14. The highest BCUT2D eigenvalue weighted by Crippen LogP contribution is 2.33. The van der Waals surface area contributed by atoms with E-state index in [1.807, 2.05) is 48.0 Å². The molecule has 2 N–H and O–H groups in total. The smallest absolute Gasteiger partial charge is 0.260 e. The van der Waals surface area contributed by atoms with Crippen molar-refractivity contribution in [3.8, 4) is 10.4 Å². The van der Waals surface area contributed by atoms with Crippen LogP contribution in [0, 0.1) is 0 Å². The Bertz CT molecular complexity index is 1480. The standard InChI is InChI=1S/C25H21N3O2S3/c1-15(17-9-4-7-16-6-2-3-8-18(16)17)26-22(29)14-31-13-21-27-24(30)23-19(12-33-25(23)28-21)20-10-5-11-32-20/h2-12,15H,13-14H2,1H3,(H,26,29)(H,27,28,30). The molecule has 0 spiro atoms. The summed E-state index contributed by atoms with van der Waals surface area (Å²) in [5.41, 5.74) is 1.90. The van der Waals surface area contributed by atoms with E-state index in [-0.39, 0.29) is 17.5 Å². The molecule has 0 saturated carbocycles. The second kappa shape index (κ2) is 9.51. The number of thiophene rings is 2. The van der Waals surface area contributed by atoms with Crippen LogP contribution in [0.4, 0.5) is 0 Å². The van der Waals surface area contributed by atoms with Crippen LogP contribution < -0.4 is 10.9 Å². The monoisotopic (exact) mass is 491 g/mol. The average molecular weight is 492 g/mol. The Kier molecular flexibility index (Phi) is 6.30. The van der Waals surface area contributed by atoms with Gasteiger partial charge < -0.3 is 10.3 Å². The Morgan fingerprint density at radius 1 is 1.12 bits per heavy atom. The van der Waals surface area contributed by atoms with Gasteiger partial charge in [0.05, 0.1) is 22.9 Å². The minimum Gasteiger partial charge on any atom is -0.349 e. The quantitative estimate of drug-likeness (QED) is 0.294. The molecular formula is C25H21N3O2S3. The van der Waals surface area contributed by atoms with Gasteiger partial charge in [0.1, 0.15) is 10.7 Å². The van der Waals surface area contributed by atoms with Crippen molar-refractivity contribution >= 4 is 61.3 Å². The van der Waals surface area contributed by atoms with E-state index in [1.54, 1.807) is 11.3 Å². The Labute approximate surface area is 202 Å². The molecule has 1 amide bonds. The number of benzene rings is 2. The number of nitrogens with one attached hydrogen (secondary N) is 2. The highest BCUT2D eigenvalue weighted by atomic mass is 32.2. The molecule has 3 heterocycles. The van der Waals surface area contributed by atoms with E-state index in [0.29, 0.717) is 22.7 Å². The second-order valence-corrected chi connectivity index (χ2v) is 10.5. The van der Waals surface area contributed by atoms with Crippen LogP contribution in [0.1, 0.15) is 24.4 Å².